The van der Waals surface area contributed by atoms with E-state index in [9.17, 15) is 24.2 Å². The van der Waals surface area contributed by atoms with Crippen LogP contribution in [0.5, 0.6) is 0 Å². The molecule has 10 nitrogen and oxygen atoms in total. The van der Waals surface area contributed by atoms with Gasteiger partial charge in [-0.15, -0.1) is 0 Å². The lowest BCUT2D eigenvalue weighted by atomic mass is 10.1. The predicted molar refractivity (Wildman–Crippen MR) is 253 cm³/mol. The molecule has 0 aromatic rings. The van der Waals surface area contributed by atoms with Crippen molar-refractivity contribution in [1.29, 1.82) is 0 Å². The smallest absolute Gasteiger partial charge is 0.462 e. The number of phosphoric acid groups is 1. The number of hydrogen-bond acceptors (Lipinski definition) is 8. The van der Waals surface area contributed by atoms with Crippen molar-refractivity contribution in [3.05, 3.63) is 109 Å². The molecule has 0 aliphatic rings. The van der Waals surface area contributed by atoms with Gasteiger partial charge >= 0.3 is 19.8 Å². The average Bonchev–Trinajstić information content (AvgIpc) is 3.21. The lowest BCUT2D eigenvalue weighted by molar-refractivity contribution is -0.870. The normalized spacial score (nSPS) is 15.1. The molecule has 61 heavy (non-hydrogen) atoms. The zero-order valence-corrected chi connectivity index (χ0v) is 39.4. The molecule has 0 spiro atoms. The Morgan fingerprint density at radius 1 is 0.590 bits per heavy atom. The van der Waals surface area contributed by atoms with E-state index >= 15 is 0 Å². The van der Waals surface area contributed by atoms with Gasteiger partial charge in [0.1, 0.15) is 19.8 Å². The van der Waals surface area contributed by atoms with Crippen LogP contribution in [-0.4, -0.2) is 86.1 Å². The molecule has 11 heteroatoms. The van der Waals surface area contributed by atoms with Crippen LogP contribution in [0.3, 0.4) is 0 Å². The van der Waals surface area contributed by atoms with Crippen LogP contribution in [0.1, 0.15) is 136 Å². The highest BCUT2D eigenvalue weighted by molar-refractivity contribution is 7.47. The first kappa shape index (κ1) is 57.6. The Kier molecular flexibility index (Phi) is 38.4. The third-order valence-electron chi connectivity index (χ3n) is 8.89. The molecule has 0 heterocycles. The largest absolute Gasteiger partial charge is 0.472 e. The third-order valence-corrected chi connectivity index (χ3v) is 9.88. The van der Waals surface area contributed by atoms with E-state index in [1.54, 1.807) is 12.2 Å². The summed E-state index contributed by atoms with van der Waals surface area (Å²) in [5.41, 5.74) is 0. The zero-order chi connectivity index (χ0) is 45.1. The summed E-state index contributed by atoms with van der Waals surface area (Å²) in [5, 5.41) is 10.3. The highest BCUT2D eigenvalue weighted by atomic mass is 31.2. The van der Waals surface area contributed by atoms with E-state index in [1.807, 2.05) is 45.4 Å². The van der Waals surface area contributed by atoms with Gasteiger partial charge in [-0.25, -0.2) is 4.57 Å². The number of allylic oxidation sites excluding steroid dienone is 17. The van der Waals surface area contributed by atoms with E-state index < -0.39 is 38.6 Å². The molecular weight excluding hydrogens is 790 g/mol. The maximum atomic E-state index is 12.7. The van der Waals surface area contributed by atoms with Gasteiger partial charge in [-0.05, 0) is 83.5 Å². The van der Waals surface area contributed by atoms with E-state index in [0.717, 1.165) is 44.9 Å². The van der Waals surface area contributed by atoms with E-state index in [2.05, 4.69) is 86.8 Å². The number of likely N-dealkylation sites (N-methyl/N-ethyl adjacent to an activating group) is 1. The minimum atomic E-state index is -4.45. The van der Waals surface area contributed by atoms with Gasteiger partial charge in [0.05, 0.1) is 33.9 Å². The number of ether oxygens (including phenoxy) is 2. The molecule has 1 unspecified atom stereocenters. The van der Waals surface area contributed by atoms with Crippen LogP contribution in [0.15, 0.2) is 109 Å². The molecule has 0 bridgehead atoms. The fourth-order valence-electron chi connectivity index (χ4n) is 5.27. The number of phosphoric ester groups is 1. The Balaban J connectivity index is 4.68. The minimum Gasteiger partial charge on any atom is -0.462 e. The van der Waals surface area contributed by atoms with Gasteiger partial charge in [-0.2, -0.15) is 0 Å². The van der Waals surface area contributed by atoms with Crippen molar-refractivity contribution in [2.75, 3.05) is 47.5 Å². The number of unbranched alkanes of at least 4 members (excludes halogenated alkanes) is 6. The van der Waals surface area contributed by atoms with Crippen molar-refractivity contribution >= 4 is 19.8 Å². The lowest BCUT2D eigenvalue weighted by Crippen LogP contribution is -2.37. The van der Waals surface area contributed by atoms with Crippen LogP contribution >= 0.6 is 7.82 Å². The molecule has 0 rings (SSSR count). The monoisotopic (exact) mass is 873 g/mol. The fraction of sp³-hybridized carbons (Fsp3) is 0.600. The molecule has 0 radical (unpaired) electrons. The fourth-order valence-corrected chi connectivity index (χ4v) is 6.02. The maximum absolute atomic E-state index is 12.7. The summed E-state index contributed by atoms with van der Waals surface area (Å²) in [5.74, 6) is -1.11. The Morgan fingerprint density at radius 3 is 1.59 bits per heavy atom. The standard InChI is InChI=1S/C50H82NO9P/c1-6-8-10-12-14-16-18-20-21-22-23-24-25-27-29-31-33-35-37-41-49(53)57-45-48(46-59-61(55,56)58-44-43-51(3,4)5)60-50(54)42-38-40-47(52)39-36-34-32-30-28-26-19-17-15-13-11-9-7-2/h14-17,20-21,23-24,26-29,32-36,39,47-48,52H,6-13,18-19,22,25,30-31,37-38,40-46H2,1-5H3/p+1/b16-14-,17-15-,21-20-,24-23-,28-26-,29-27-,34-32-,35-33-,39-36+/t47-,48+/m0/s1. The van der Waals surface area contributed by atoms with Crippen molar-refractivity contribution in [1.82, 2.24) is 0 Å². The quantitative estimate of drug-likeness (QED) is 0.0155. The molecule has 0 aliphatic heterocycles. The van der Waals surface area contributed by atoms with Crippen molar-refractivity contribution < 1.29 is 47.2 Å². The Labute approximate surface area is 370 Å². The second kappa shape index (κ2) is 40.7. The number of carbonyl (C=O) groups excluding carboxylic acids is 2. The van der Waals surface area contributed by atoms with E-state index in [4.69, 9.17) is 18.5 Å². The zero-order valence-electron chi connectivity index (χ0n) is 38.5. The van der Waals surface area contributed by atoms with Gasteiger partial charge in [-0.1, -0.05) is 149 Å². The van der Waals surface area contributed by atoms with E-state index in [0.29, 0.717) is 30.3 Å². The third kappa shape index (κ3) is 44.5. The molecule has 0 amide bonds. The van der Waals surface area contributed by atoms with Crippen LogP contribution in [0.2, 0.25) is 0 Å². The van der Waals surface area contributed by atoms with Gasteiger partial charge in [0.15, 0.2) is 6.10 Å². The van der Waals surface area contributed by atoms with E-state index in [-0.39, 0.29) is 26.1 Å². The molecule has 3 atom stereocenters. The summed E-state index contributed by atoms with van der Waals surface area (Å²) in [7, 11) is 1.30. The average molecular weight is 873 g/mol. The molecule has 0 aromatic heterocycles. The number of rotatable bonds is 39. The Hall–Kier alpha value is -3.37. The first-order valence-electron chi connectivity index (χ1n) is 22.7. The summed E-state index contributed by atoms with van der Waals surface area (Å²) >= 11 is 0. The summed E-state index contributed by atoms with van der Waals surface area (Å²) in [6, 6.07) is 0. The summed E-state index contributed by atoms with van der Waals surface area (Å²) in [4.78, 5) is 35.4. The van der Waals surface area contributed by atoms with Crippen molar-refractivity contribution in [2.24, 2.45) is 0 Å². The molecule has 346 valence electrons. The molecule has 0 saturated heterocycles. The van der Waals surface area contributed by atoms with Gasteiger partial charge in [0.2, 0.25) is 0 Å². The van der Waals surface area contributed by atoms with Crippen molar-refractivity contribution in [3.8, 4) is 0 Å². The second-order valence-electron chi connectivity index (χ2n) is 15.9. The number of carbonyl (C=O) groups is 2. The first-order valence-corrected chi connectivity index (χ1v) is 24.2. The van der Waals surface area contributed by atoms with Crippen molar-refractivity contribution in [3.63, 3.8) is 0 Å². The number of esters is 2. The van der Waals surface area contributed by atoms with Crippen LogP contribution in [-0.2, 0) is 32.7 Å². The SMILES string of the molecule is CCCCC/C=C\C/C=C\C/C=C\C=C\[C@H](O)CCCC(=O)O[C@H](COC(=O)CC/C=C\C/C=C\C/C=C\C/C=C\C/C=C\CCCCC)COP(=O)(O)OCC[N+](C)(C)C. The maximum Gasteiger partial charge on any atom is 0.472 e. The summed E-state index contributed by atoms with van der Waals surface area (Å²) < 4.78 is 34.0. The minimum absolute atomic E-state index is 0.00987. The molecule has 0 fully saturated rings. The molecule has 2 N–H and O–H groups in total. The van der Waals surface area contributed by atoms with Crippen LogP contribution < -0.4 is 0 Å². The number of hydrogen-bond donors (Lipinski definition) is 2. The highest BCUT2D eigenvalue weighted by Crippen LogP contribution is 2.43. The number of nitrogens with zero attached hydrogens (tertiary/aromatic N) is 1. The second-order valence-corrected chi connectivity index (χ2v) is 17.4. The topological polar surface area (TPSA) is 129 Å². The van der Waals surface area contributed by atoms with Crippen LogP contribution in [0.4, 0.5) is 0 Å². The Bertz CT molecular complexity index is 1420. The molecule has 0 saturated carbocycles. The molecular formula is C50H83NO9P+. The van der Waals surface area contributed by atoms with Gasteiger partial charge < -0.3 is 24.0 Å². The number of aliphatic hydroxyl groups is 1. The van der Waals surface area contributed by atoms with Crippen molar-refractivity contribution in [2.45, 2.75) is 148 Å². The van der Waals surface area contributed by atoms with Crippen LogP contribution in [0.25, 0.3) is 0 Å². The number of aliphatic hydroxyl groups excluding tert-OH is 1. The molecule has 0 aliphatic carbocycles. The predicted octanol–water partition coefficient (Wildman–Crippen LogP) is 12.1. The van der Waals surface area contributed by atoms with Gasteiger partial charge in [0, 0.05) is 12.8 Å². The van der Waals surface area contributed by atoms with E-state index in [1.165, 1.54) is 44.9 Å². The summed E-state index contributed by atoms with van der Waals surface area (Å²) in [6.45, 7) is 4.02. The van der Waals surface area contributed by atoms with Crippen LogP contribution in [0, 0.1) is 0 Å². The highest BCUT2D eigenvalue weighted by Gasteiger charge is 2.27. The van der Waals surface area contributed by atoms with Gasteiger partial charge in [-0.3, -0.25) is 18.6 Å². The molecule has 0 aromatic carbocycles. The van der Waals surface area contributed by atoms with Gasteiger partial charge in [0.25, 0.3) is 0 Å². The number of quaternary nitrogens is 1. The summed E-state index contributed by atoms with van der Waals surface area (Å²) in [6.07, 6.45) is 51.8. The Morgan fingerprint density at radius 2 is 1.08 bits per heavy atom. The lowest BCUT2D eigenvalue weighted by Gasteiger charge is -2.24. The first-order chi connectivity index (χ1) is 29.4.